The second-order valence-corrected chi connectivity index (χ2v) is 13.4. The SMILES string of the molecule is CC1(C)Oc2ccc(Cl)cc2[C@H]2O[C@@H](CCc3ccccc3)[C@H](C(=O)NS(=O)(=O)c3ccc(Br)cc3)C[C@@H]21. The molecule has 3 aromatic carbocycles. The Labute approximate surface area is 236 Å². The van der Waals surface area contributed by atoms with Crippen LogP contribution in [0.1, 0.15) is 43.9 Å². The fraction of sp³-hybridized carbons (Fsp3) is 0.345. The summed E-state index contributed by atoms with van der Waals surface area (Å²) in [6, 6.07) is 21.6. The maximum Gasteiger partial charge on any atom is 0.264 e. The van der Waals surface area contributed by atoms with E-state index in [4.69, 9.17) is 21.1 Å². The van der Waals surface area contributed by atoms with E-state index in [2.05, 4.69) is 20.7 Å². The maximum absolute atomic E-state index is 13.6. The lowest BCUT2D eigenvalue weighted by Gasteiger charge is -2.50. The van der Waals surface area contributed by atoms with Gasteiger partial charge in [0.15, 0.2) is 0 Å². The number of hydrogen-bond donors (Lipinski definition) is 1. The second-order valence-electron chi connectivity index (χ2n) is 10.4. The van der Waals surface area contributed by atoms with Crippen molar-refractivity contribution in [2.24, 2.45) is 11.8 Å². The highest BCUT2D eigenvalue weighted by Gasteiger charge is 2.52. The van der Waals surface area contributed by atoms with Crippen molar-refractivity contribution in [3.05, 3.63) is 93.4 Å². The molecule has 2 aliphatic heterocycles. The van der Waals surface area contributed by atoms with Gasteiger partial charge in [0, 0.05) is 21.0 Å². The van der Waals surface area contributed by atoms with Gasteiger partial charge in [-0.05, 0) is 81.1 Å². The first kappa shape index (κ1) is 27.2. The number of ether oxygens (including phenoxy) is 2. The summed E-state index contributed by atoms with van der Waals surface area (Å²) < 4.78 is 42.2. The Hall–Kier alpha value is -2.39. The zero-order valence-corrected chi connectivity index (χ0v) is 24.2. The summed E-state index contributed by atoms with van der Waals surface area (Å²) in [5.41, 5.74) is 1.34. The molecule has 3 aromatic rings. The third kappa shape index (κ3) is 5.64. The van der Waals surface area contributed by atoms with Crippen LogP contribution in [0.15, 0.2) is 82.2 Å². The van der Waals surface area contributed by atoms with Crippen LogP contribution >= 0.6 is 27.5 Å². The van der Waals surface area contributed by atoms with Crippen LogP contribution in [0.3, 0.4) is 0 Å². The standard InChI is InChI=1S/C29H29BrClNO5S/c1-29(2)24-17-23(28(33)32-38(34,35)21-12-9-19(30)10-13-21)25(14-8-18-6-4-3-5-7-18)36-27(24)22-16-20(31)11-15-26(22)37-29/h3-7,9-13,15-16,23-25,27H,8,14,17H2,1-2H3,(H,32,33)/t23-,24+,25+,27-/m1/s1. The molecular weight excluding hydrogens is 590 g/mol. The van der Waals surface area contributed by atoms with Gasteiger partial charge in [-0.25, -0.2) is 13.1 Å². The molecule has 1 amide bonds. The van der Waals surface area contributed by atoms with Crippen LogP contribution in [-0.2, 0) is 26.0 Å². The number of amides is 1. The molecule has 2 heterocycles. The van der Waals surface area contributed by atoms with Crippen LogP contribution in [-0.4, -0.2) is 26.0 Å². The summed E-state index contributed by atoms with van der Waals surface area (Å²) in [6.45, 7) is 3.95. The number of nitrogens with one attached hydrogen (secondary N) is 1. The number of halogens is 2. The van der Waals surface area contributed by atoms with Gasteiger partial charge in [-0.15, -0.1) is 0 Å². The lowest BCUT2D eigenvalue weighted by Crippen LogP contribution is -2.54. The van der Waals surface area contributed by atoms with E-state index >= 15 is 0 Å². The van der Waals surface area contributed by atoms with Crippen molar-refractivity contribution in [2.45, 2.75) is 55.8 Å². The molecule has 0 unspecified atom stereocenters. The molecule has 1 fully saturated rings. The number of rotatable bonds is 6. The van der Waals surface area contributed by atoms with Crippen molar-refractivity contribution in [3.8, 4) is 5.75 Å². The van der Waals surface area contributed by atoms with E-state index in [0.717, 1.165) is 15.6 Å². The molecule has 6 nitrogen and oxygen atoms in total. The minimum Gasteiger partial charge on any atom is -0.487 e. The Balaban J connectivity index is 1.45. The lowest BCUT2D eigenvalue weighted by molar-refractivity contribution is -0.179. The number of carbonyl (C=O) groups is 1. The van der Waals surface area contributed by atoms with Crippen molar-refractivity contribution < 1.29 is 22.7 Å². The van der Waals surface area contributed by atoms with Crippen molar-refractivity contribution in [3.63, 3.8) is 0 Å². The molecule has 38 heavy (non-hydrogen) atoms. The van der Waals surface area contributed by atoms with Gasteiger partial charge in [0.05, 0.1) is 23.0 Å². The minimum atomic E-state index is -4.05. The van der Waals surface area contributed by atoms with E-state index in [1.807, 2.05) is 56.3 Å². The average molecular weight is 619 g/mol. The molecular formula is C29H29BrClNO5S. The molecule has 5 rings (SSSR count). The fourth-order valence-electron chi connectivity index (χ4n) is 5.44. The number of carbonyl (C=O) groups excluding carboxylic acids is 1. The summed E-state index contributed by atoms with van der Waals surface area (Å²) in [5, 5.41) is 0.579. The van der Waals surface area contributed by atoms with Crippen LogP contribution < -0.4 is 9.46 Å². The van der Waals surface area contributed by atoms with Crippen molar-refractivity contribution in [2.75, 3.05) is 0 Å². The Bertz CT molecular complexity index is 1430. The summed E-state index contributed by atoms with van der Waals surface area (Å²) in [6.07, 6.45) is 0.817. The quantitative estimate of drug-likeness (QED) is 0.342. The zero-order chi connectivity index (χ0) is 27.1. The average Bonchev–Trinajstić information content (AvgIpc) is 2.88. The van der Waals surface area contributed by atoms with Crippen LogP contribution in [0.2, 0.25) is 5.02 Å². The number of sulfonamides is 1. The predicted molar refractivity (Wildman–Crippen MR) is 150 cm³/mol. The molecule has 2 aliphatic rings. The topological polar surface area (TPSA) is 81.7 Å². The van der Waals surface area contributed by atoms with Crippen molar-refractivity contribution in [1.82, 2.24) is 4.72 Å². The molecule has 0 saturated carbocycles. The molecule has 1 N–H and O–H groups in total. The fourth-order valence-corrected chi connectivity index (χ4v) is 6.91. The van der Waals surface area contributed by atoms with E-state index in [1.54, 1.807) is 18.2 Å². The number of fused-ring (bicyclic) bond motifs is 3. The molecule has 9 heteroatoms. The lowest BCUT2D eigenvalue weighted by atomic mass is 9.71. The third-order valence-electron chi connectivity index (χ3n) is 7.44. The largest absolute Gasteiger partial charge is 0.487 e. The first-order valence-corrected chi connectivity index (χ1v) is 15.2. The van der Waals surface area contributed by atoms with Gasteiger partial charge in [-0.1, -0.05) is 57.9 Å². The zero-order valence-electron chi connectivity index (χ0n) is 21.1. The van der Waals surface area contributed by atoms with Crippen LogP contribution in [0.25, 0.3) is 0 Å². The van der Waals surface area contributed by atoms with Gasteiger partial charge >= 0.3 is 0 Å². The van der Waals surface area contributed by atoms with Gasteiger partial charge in [-0.3, -0.25) is 4.79 Å². The highest BCUT2D eigenvalue weighted by atomic mass is 79.9. The molecule has 1 saturated heterocycles. The Morgan fingerprint density at radius 2 is 1.79 bits per heavy atom. The summed E-state index contributed by atoms with van der Waals surface area (Å²) >= 11 is 9.64. The smallest absolute Gasteiger partial charge is 0.264 e. The molecule has 200 valence electrons. The highest BCUT2D eigenvalue weighted by Crippen LogP contribution is 2.53. The van der Waals surface area contributed by atoms with Gasteiger partial charge in [-0.2, -0.15) is 0 Å². The van der Waals surface area contributed by atoms with E-state index in [-0.39, 0.29) is 16.9 Å². The number of hydrogen-bond acceptors (Lipinski definition) is 5. The highest BCUT2D eigenvalue weighted by molar-refractivity contribution is 9.10. The Kier molecular flexibility index (Phi) is 7.61. The summed E-state index contributed by atoms with van der Waals surface area (Å²) in [4.78, 5) is 13.6. The van der Waals surface area contributed by atoms with Gasteiger partial charge in [0.25, 0.3) is 10.0 Å². The van der Waals surface area contributed by atoms with Gasteiger partial charge in [0.1, 0.15) is 11.4 Å². The number of benzene rings is 3. The first-order chi connectivity index (χ1) is 18.0. The first-order valence-electron chi connectivity index (χ1n) is 12.5. The number of aryl methyl sites for hydroxylation is 1. The molecule has 0 aliphatic carbocycles. The van der Waals surface area contributed by atoms with Crippen LogP contribution in [0.5, 0.6) is 5.75 Å². The molecule has 0 aromatic heterocycles. The van der Waals surface area contributed by atoms with E-state index in [1.165, 1.54) is 12.1 Å². The maximum atomic E-state index is 13.6. The summed E-state index contributed by atoms with van der Waals surface area (Å²) in [5.74, 6) is -0.735. The summed E-state index contributed by atoms with van der Waals surface area (Å²) in [7, 11) is -4.05. The Morgan fingerprint density at radius 3 is 2.50 bits per heavy atom. The Morgan fingerprint density at radius 1 is 1.08 bits per heavy atom. The van der Waals surface area contributed by atoms with E-state index in [0.29, 0.717) is 30.0 Å². The molecule has 0 radical (unpaired) electrons. The van der Waals surface area contributed by atoms with Crippen LogP contribution in [0, 0.1) is 11.8 Å². The normalized spacial score (nSPS) is 24.0. The molecule has 0 bridgehead atoms. The van der Waals surface area contributed by atoms with Gasteiger partial charge in [0.2, 0.25) is 5.91 Å². The van der Waals surface area contributed by atoms with Crippen molar-refractivity contribution in [1.29, 1.82) is 0 Å². The minimum absolute atomic E-state index is 0.0226. The monoisotopic (exact) mass is 617 g/mol. The van der Waals surface area contributed by atoms with Crippen LogP contribution in [0.4, 0.5) is 0 Å². The molecule has 4 atom stereocenters. The van der Waals surface area contributed by atoms with Gasteiger partial charge < -0.3 is 9.47 Å². The van der Waals surface area contributed by atoms with Crippen molar-refractivity contribution >= 4 is 43.5 Å². The van der Waals surface area contributed by atoms with E-state index in [9.17, 15) is 13.2 Å². The third-order valence-corrected chi connectivity index (χ3v) is 9.57. The van der Waals surface area contributed by atoms with E-state index < -0.39 is 33.6 Å². The molecule has 0 spiro atoms. The predicted octanol–water partition coefficient (Wildman–Crippen LogP) is 6.47. The second kappa shape index (κ2) is 10.6.